The van der Waals surface area contributed by atoms with Gasteiger partial charge in [0, 0.05) is 25.7 Å². The fourth-order valence-corrected chi connectivity index (χ4v) is 12.1. The Morgan fingerprint density at radius 3 is 0.880 bits per heavy atom. The van der Waals surface area contributed by atoms with Crippen molar-refractivity contribution in [2.45, 2.75) is 362 Å². The van der Waals surface area contributed by atoms with Crippen molar-refractivity contribution in [1.29, 1.82) is 0 Å². The summed E-state index contributed by atoms with van der Waals surface area (Å²) in [6.45, 7) is 11.7. The number of phosphoric ester groups is 2. The highest BCUT2D eigenvalue weighted by atomic mass is 31.2. The molecule has 19 heteroatoms. The third kappa shape index (κ3) is 66.2. The van der Waals surface area contributed by atoms with E-state index < -0.39 is 97.5 Å². The van der Waals surface area contributed by atoms with E-state index >= 15 is 0 Å². The van der Waals surface area contributed by atoms with Gasteiger partial charge in [0.25, 0.3) is 0 Å². The van der Waals surface area contributed by atoms with Crippen LogP contribution in [0.25, 0.3) is 0 Å². The predicted octanol–water partition coefficient (Wildman–Crippen LogP) is 20.6. The zero-order valence-electron chi connectivity index (χ0n) is 59.5. The van der Waals surface area contributed by atoms with Crippen LogP contribution in [0.15, 0.2) is 24.3 Å². The molecule has 0 fully saturated rings. The first-order chi connectivity index (χ1) is 44.2. The number of unbranched alkanes of at least 4 members (excludes halogenated alkanes) is 34. The molecule has 3 unspecified atom stereocenters. The molecular formula is C73H138O17P2. The smallest absolute Gasteiger partial charge is 0.462 e. The summed E-state index contributed by atoms with van der Waals surface area (Å²) in [7, 11) is -9.92. The van der Waals surface area contributed by atoms with Crippen molar-refractivity contribution in [1.82, 2.24) is 0 Å². The molecule has 5 atom stereocenters. The maximum absolute atomic E-state index is 13.0. The molecule has 0 aromatic rings. The molecule has 0 aromatic carbocycles. The fraction of sp³-hybridized carbons (Fsp3) is 0.890. The summed E-state index contributed by atoms with van der Waals surface area (Å²) in [5, 5.41) is 10.6. The average molecular weight is 1350 g/mol. The molecule has 0 aliphatic rings. The van der Waals surface area contributed by atoms with E-state index in [0.29, 0.717) is 37.5 Å². The molecule has 0 aromatic heterocycles. The summed E-state index contributed by atoms with van der Waals surface area (Å²) in [5.74, 6) is 0.0334. The Balaban J connectivity index is 5.24. The minimum absolute atomic E-state index is 0.0962. The summed E-state index contributed by atoms with van der Waals surface area (Å²) in [6, 6.07) is 0. The van der Waals surface area contributed by atoms with Crippen LogP contribution in [0.4, 0.5) is 0 Å². The molecule has 0 radical (unpaired) electrons. The van der Waals surface area contributed by atoms with Crippen molar-refractivity contribution in [2.75, 3.05) is 39.6 Å². The first-order valence-corrected chi connectivity index (χ1v) is 40.2. The number of ether oxygens (including phenoxy) is 4. The lowest BCUT2D eigenvalue weighted by molar-refractivity contribution is -0.161. The maximum atomic E-state index is 13.0. The zero-order chi connectivity index (χ0) is 68.0. The van der Waals surface area contributed by atoms with Crippen LogP contribution in [-0.4, -0.2) is 96.7 Å². The van der Waals surface area contributed by atoms with Crippen LogP contribution >= 0.6 is 15.6 Å². The van der Waals surface area contributed by atoms with E-state index in [0.717, 1.165) is 121 Å². The number of aliphatic hydroxyl groups excluding tert-OH is 1. The van der Waals surface area contributed by atoms with Gasteiger partial charge in [-0.25, -0.2) is 9.13 Å². The topological polar surface area (TPSA) is 237 Å². The average Bonchev–Trinajstić information content (AvgIpc) is 1.76. The van der Waals surface area contributed by atoms with Gasteiger partial charge in [0.1, 0.15) is 19.3 Å². The van der Waals surface area contributed by atoms with Gasteiger partial charge >= 0.3 is 39.5 Å². The van der Waals surface area contributed by atoms with Crippen molar-refractivity contribution in [2.24, 2.45) is 17.8 Å². The first-order valence-electron chi connectivity index (χ1n) is 37.2. The molecule has 0 amide bonds. The second kappa shape index (κ2) is 63.3. The van der Waals surface area contributed by atoms with Crippen molar-refractivity contribution in [3.05, 3.63) is 24.3 Å². The SMILES string of the molecule is CCCCCC/C=C\C=C/CCCCCCCC(=O)OC[C@H](COP(=O)(O)OCC(O)COP(=O)(O)OC[C@@H](COC(=O)CCCCCCCCCC(C)C)OC(=O)CCCCCCCCCCCCCCCCC(C)C)OC(=O)CCCCCCCCCC(C)C. The van der Waals surface area contributed by atoms with Crippen molar-refractivity contribution in [3.63, 3.8) is 0 Å². The number of carbonyl (C=O) groups is 4. The molecule has 0 heterocycles. The standard InChI is InChI=1S/C73H138O17P2/c1-8-9-10-11-12-13-14-15-16-20-23-26-33-40-47-54-70(75)83-60-69(90-73(78)57-50-43-36-29-32-39-46-53-66(6)7)63-88-92(81,82)86-59-67(74)58-85-91(79,80)87-62-68(61-84-71(76)55-48-41-35-28-31-38-45-52-65(4)5)89-72(77)56-49-42-34-27-24-21-18-17-19-22-25-30-37-44-51-64(2)3/h13-16,64-69,74H,8-12,17-63H2,1-7H3,(H,79,80)(H,81,82)/b14-13-,16-15-/t67?,68-,69-/m1/s1. The molecule has 0 saturated carbocycles. The second-order valence-electron chi connectivity index (χ2n) is 27.1. The number of hydrogen-bond donors (Lipinski definition) is 3. The monoisotopic (exact) mass is 1350 g/mol. The van der Waals surface area contributed by atoms with Crippen LogP contribution in [0.1, 0.15) is 344 Å². The zero-order valence-corrected chi connectivity index (χ0v) is 61.3. The summed E-state index contributed by atoms with van der Waals surface area (Å²) in [5.41, 5.74) is 0. The van der Waals surface area contributed by atoms with E-state index in [1.165, 1.54) is 128 Å². The van der Waals surface area contributed by atoms with E-state index in [9.17, 15) is 43.2 Å². The van der Waals surface area contributed by atoms with Gasteiger partial charge < -0.3 is 33.8 Å². The van der Waals surface area contributed by atoms with Crippen LogP contribution in [0.2, 0.25) is 0 Å². The molecule has 542 valence electrons. The first kappa shape index (κ1) is 89.5. The number of phosphoric acid groups is 2. The quantitative estimate of drug-likeness (QED) is 0.0169. The Morgan fingerprint density at radius 1 is 0.337 bits per heavy atom. The summed E-state index contributed by atoms with van der Waals surface area (Å²) in [6.07, 6.45) is 51.0. The number of aliphatic hydroxyl groups is 1. The highest BCUT2D eigenvalue weighted by Gasteiger charge is 2.30. The van der Waals surface area contributed by atoms with Gasteiger partial charge in [-0.2, -0.15) is 0 Å². The minimum Gasteiger partial charge on any atom is -0.462 e. The van der Waals surface area contributed by atoms with Gasteiger partial charge in [-0.15, -0.1) is 0 Å². The number of carbonyl (C=O) groups excluding carboxylic acids is 4. The lowest BCUT2D eigenvalue weighted by Crippen LogP contribution is -2.30. The normalized spacial score (nSPS) is 14.3. The molecule has 17 nitrogen and oxygen atoms in total. The number of rotatable bonds is 69. The molecule has 92 heavy (non-hydrogen) atoms. The van der Waals surface area contributed by atoms with Gasteiger partial charge in [0.15, 0.2) is 12.2 Å². The highest BCUT2D eigenvalue weighted by molar-refractivity contribution is 7.47. The van der Waals surface area contributed by atoms with E-state index in [1.54, 1.807) is 0 Å². The Bertz CT molecular complexity index is 1890. The molecular weight excluding hydrogens is 1210 g/mol. The Hall–Kier alpha value is -2.46. The van der Waals surface area contributed by atoms with Gasteiger partial charge in [-0.3, -0.25) is 37.3 Å². The summed E-state index contributed by atoms with van der Waals surface area (Å²) >= 11 is 0. The highest BCUT2D eigenvalue weighted by Crippen LogP contribution is 2.45. The van der Waals surface area contributed by atoms with Gasteiger partial charge in [-0.05, 0) is 69.1 Å². The van der Waals surface area contributed by atoms with E-state index in [2.05, 4.69) is 72.8 Å². The number of allylic oxidation sites excluding steroid dienone is 4. The maximum Gasteiger partial charge on any atom is 0.472 e. The van der Waals surface area contributed by atoms with E-state index in [4.69, 9.17) is 37.0 Å². The fourth-order valence-electron chi connectivity index (χ4n) is 10.5. The van der Waals surface area contributed by atoms with E-state index in [-0.39, 0.29) is 25.7 Å². The lowest BCUT2D eigenvalue weighted by Gasteiger charge is -2.21. The predicted molar refractivity (Wildman–Crippen MR) is 372 cm³/mol. The van der Waals surface area contributed by atoms with E-state index in [1.807, 2.05) is 0 Å². The van der Waals surface area contributed by atoms with Crippen LogP contribution in [0.5, 0.6) is 0 Å². The molecule has 0 spiro atoms. The van der Waals surface area contributed by atoms with Crippen molar-refractivity contribution in [3.8, 4) is 0 Å². The van der Waals surface area contributed by atoms with Gasteiger partial charge in [0.2, 0.25) is 0 Å². The molecule has 3 N–H and O–H groups in total. The third-order valence-corrected chi connectivity index (χ3v) is 18.2. The number of hydrogen-bond acceptors (Lipinski definition) is 15. The molecule has 0 aliphatic heterocycles. The largest absolute Gasteiger partial charge is 0.472 e. The second-order valence-corrected chi connectivity index (χ2v) is 30.0. The lowest BCUT2D eigenvalue weighted by atomic mass is 10.0. The third-order valence-electron chi connectivity index (χ3n) is 16.3. The summed E-state index contributed by atoms with van der Waals surface area (Å²) in [4.78, 5) is 72.6. The van der Waals surface area contributed by atoms with Crippen LogP contribution < -0.4 is 0 Å². The molecule has 0 saturated heterocycles. The Labute approximate surface area is 561 Å². The van der Waals surface area contributed by atoms with Gasteiger partial charge in [0.05, 0.1) is 26.4 Å². The number of esters is 4. The Morgan fingerprint density at radius 2 is 0.587 bits per heavy atom. The minimum atomic E-state index is -4.96. The molecule has 0 rings (SSSR count). The van der Waals surface area contributed by atoms with Gasteiger partial charge in [-0.1, -0.05) is 291 Å². The molecule has 0 aliphatic carbocycles. The molecule has 0 bridgehead atoms. The van der Waals surface area contributed by atoms with Crippen molar-refractivity contribution < 1.29 is 80.2 Å². The summed E-state index contributed by atoms with van der Waals surface area (Å²) < 4.78 is 68.3. The van der Waals surface area contributed by atoms with Crippen molar-refractivity contribution >= 4 is 39.5 Å². The van der Waals surface area contributed by atoms with Crippen LogP contribution in [0, 0.1) is 17.8 Å². The van der Waals surface area contributed by atoms with Crippen LogP contribution in [0.3, 0.4) is 0 Å². The van der Waals surface area contributed by atoms with Crippen LogP contribution in [-0.2, 0) is 65.4 Å². The Kier molecular flexibility index (Phi) is 61.6.